The number of ether oxygens (including phenoxy) is 1. The Balaban J connectivity index is 2.15. The van der Waals surface area contributed by atoms with Crippen LogP contribution in [0.25, 0.3) is 0 Å². The zero-order chi connectivity index (χ0) is 16.5. The van der Waals surface area contributed by atoms with E-state index in [0.29, 0.717) is 0 Å². The molecule has 0 saturated heterocycles. The van der Waals surface area contributed by atoms with Crippen LogP contribution in [0.4, 0.5) is 8.78 Å². The number of benzene rings is 1. The van der Waals surface area contributed by atoms with Crippen molar-refractivity contribution in [3.05, 3.63) is 27.7 Å². The number of carboxylic acids is 1. The Morgan fingerprint density at radius 3 is 2.50 bits per heavy atom. The number of nitrogens with one attached hydrogen (secondary N) is 1. The highest BCUT2D eigenvalue weighted by molar-refractivity contribution is 6.35. The molecule has 1 aliphatic carbocycles. The van der Waals surface area contributed by atoms with Crippen molar-refractivity contribution in [1.29, 1.82) is 0 Å². The lowest BCUT2D eigenvalue weighted by molar-refractivity contribution is -0.149. The smallest absolute Gasteiger partial charge is 0.387 e. The summed E-state index contributed by atoms with van der Waals surface area (Å²) in [5.41, 5.74) is -1.29. The van der Waals surface area contributed by atoms with Crippen molar-refractivity contribution < 1.29 is 28.2 Å². The van der Waals surface area contributed by atoms with E-state index in [1.807, 2.05) is 0 Å². The van der Waals surface area contributed by atoms with Crippen molar-refractivity contribution in [2.45, 2.75) is 26.0 Å². The predicted octanol–water partition coefficient (Wildman–Crippen LogP) is 3.08. The number of rotatable bonds is 6. The minimum atomic E-state index is -3.10. The molecule has 0 heterocycles. The average Bonchev–Trinajstić information content (AvgIpc) is 3.20. The van der Waals surface area contributed by atoms with E-state index in [-0.39, 0.29) is 40.7 Å². The number of carbonyl (C=O) groups excluding carboxylic acids is 1. The van der Waals surface area contributed by atoms with E-state index in [2.05, 4.69) is 10.1 Å². The number of carboxylic acid groups (broad SMARTS) is 1. The summed E-state index contributed by atoms with van der Waals surface area (Å²) >= 11 is 11.6. The highest BCUT2D eigenvalue weighted by Crippen LogP contribution is 2.46. The number of hydrogen-bond acceptors (Lipinski definition) is 3. The molecule has 1 amide bonds. The maximum Gasteiger partial charge on any atom is 0.387 e. The van der Waals surface area contributed by atoms with Crippen LogP contribution in [0.1, 0.15) is 18.4 Å². The van der Waals surface area contributed by atoms with E-state index < -0.39 is 23.9 Å². The van der Waals surface area contributed by atoms with E-state index in [1.165, 1.54) is 12.1 Å². The second kappa shape index (κ2) is 6.26. The Labute approximate surface area is 134 Å². The first-order chi connectivity index (χ1) is 10.3. The van der Waals surface area contributed by atoms with Crippen LogP contribution in [-0.2, 0) is 16.1 Å². The molecule has 0 atom stereocenters. The molecule has 5 nitrogen and oxygen atoms in total. The van der Waals surface area contributed by atoms with Crippen LogP contribution < -0.4 is 10.1 Å². The van der Waals surface area contributed by atoms with Crippen molar-refractivity contribution >= 4 is 35.1 Å². The Hall–Kier alpha value is -1.60. The predicted molar refractivity (Wildman–Crippen MR) is 74.2 cm³/mol. The third-order valence-electron chi connectivity index (χ3n) is 3.33. The summed E-state index contributed by atoms with van der Waals surface area (Å²) < 4.78 is 29.1. The molecule has 120 valence electrons. The molecule has 0 spiro atoms. The second-order valence-electron chi connectivity index (χ2n) is 4.82. The monoisotopic (exact) mass is 353 g/mol. The van der Waals surface area contributed by atoms with Gasteiger partial charge in [-0.2, -0.15) is 8.78 Å². The summed E-state index contributed by atoms with van der Waals surface area (Å²) in [5.74, 6) is -2.20. The molecule has 2 N–H and O–H groups in total. The Morgan fingerprint density at radius 1 is 1.36 bits per heavy atom. The first-order valence-corrected chi connectivity index (χ1v) is 6.96. The van der Waals surface area contributed by atoms with Crippen LogP contribution in [0.15, 0.2) is 12.1 Å². The standard InChI is InChI=1S/C13H11Cl2F2NO4/c14-7-3-6(9(8(15)4-7)22-12(16)17)5-18-10(19)13(1-2-13)11(20)21/h3-4,12H,1-2,5H2,(H,18,19)(H,20,21). The number of carbonyl (C=O) groups is 2. The second-order valence-corrected chi connectivity index (χ2v) is 5.67. The summed E-state index contributed by atoms with van der Waals surface area (Å²) in [6.45, 7) is -3.32. The molecule has 1 aromatic carbocycles. The lowest BCUT2D eigenvalue weighted by atomic mass is 10.1. The number of aliphatic carboxylic acids is 1. The Kier molecular flexibility index (Phi) is 4.77. The van der Waals surface area contributed by atoms with Gasteiger partial charge in [-0.1, -0.05) is 23.2 Å². The third-order valence-corrected chi connectivity index (χ3v) is 3.82. The first-order valence-electron chi connectivity index (χ1n) is 6.20. The van der Waals surface area contributed by atoms with E-state index in [4.69, 9.17) is 28.3 Å². The molecule has 1 fully saturated rings. The van der Waals surface area contributed by atoms with Gasteiger partial charge < -0.3 is 15.2 Å². The molecular weight excluding hydrogens is 343 g/mol. The highest BCUT2D eigenvalue weighted by atomic mass is 35.5. The van der Waals surface area contributed by atoms with Crippen molar-refractivity contribution in [3.8, 4) is 5.75 Å². The van der Waals surface area contributed by atoms with Gasteiger partial charge in [-0.15, -0.1) is 0 Å². The third kappa shape index (κ3) is 3.41. The van der Waals surface area contributed by atoms with Crippen LogP contribution >= 0.6 is 23.2 Å². The lowest BCUT2D eigenvalue weighted by Crippen LogP contribution is -2.36. The van der Waals surface area contributed by atoms with Crippen LogP contribution in [0.3, 0.4) is 0 Å². The highest BCUT2D eigenvalue weighted by Gasteiger charge is 2.56. The maximum atomic E-state index is 12.4. The van der Waals surface area contributed by atoms with Crippen molar-refractivity contribution in [2.75, 3.05) is 0 Å². The molecule has 22 heavy (non-hydrogen) atoms. The van der Waals surface area contributed by atoms with Gasteiger partial charge >= 0.3 is 12.6 Å². The Morgan fingerprint density at radius 2 is 2.00 bits per heavy atom. The van der Waals surface area contributed by atoms with Gasteiger partial charge in [0.1, 0.15) is 11.2 Å². The fourth-order valence-corrected chi connectivity index (χ4v) is 2.55. The van der Waals surface area contributed by atoms with Gasteiger partial charge in [0.15, 0.2) is 0 Å². The summed E-state index contributed by atoms with van der Waals surface area (Å²) in [6, 6.07) is 2.54. The van der Waals surface area contributed by atoms with Gasteiger partial charge in [0.05, 0.1) is 5.02 Å². The Bertz CT molecular complexity index is 620. The molecule has 0 radical (unpaired) electrons. The summed E-state index contributed by atoms with van der Waals surface area (Å²) in [5, 5.41) is 11.4. The number of alkyl halides is 2. The molecule has 0 unspecified atom stereocenters. The maximum absolute atomic E-state index is 12.4. The quantitative estimate of drug-likeness (QED) is 0.770. The lowest BCUT2D eigenvalue weighted by Gasteiger charge is -2.15. The van der Waals surface area contributed by atoms with Crippen LogP contribution in [0.5, 0.6) is 5.75 Å². The van der Waals surface area contributed by atoms with Gasteiger partial charge in [-0.3, -0.25) is 9.59 Å². The molecule has 9 heteroatoms. The van der Waals surface area contributed by atoms with Crippen molar-refractivity contribution in [1.82, 2.24) is 5.32 Å². The largest absolute Gasteiger partial charge is 0.480 e. The van der Waals surface area contributed by atoms with E-state index in [1.54, 1.807) is 0 Å². The van der Waals surface area contributed by atoms with E-state index >= 15 is 0 Å². The molecule has 0 aromatic heterocycles. The zero-order valence-corrected chi connectivity index (χ0v) is 12.5. The number of hydrogen-bond donors (Lipinski definition) is 2. The minimum Gasteiger partial charge on any atom is -0.480 e. The fraction of sp³-hybridized carbons (Fsp3) is 0.385. The van der Waals surface area contributed by atoms with Gasteiger partial charge in [-0.05, 0) is 25.0 Å². The first kappa shape index (κ1) is 16.8. The molecule has 1 saturated carbocycles. The normalized spacial score (nSPS) is 15.5. The van der Waals surface area contributed by atoms with Gasteiger partial charge in [0.2, 0.25) is 5.91 Å². The summed E-state index contributed by atoms with van der Waals surface area (Å²) in [4.78, 5) is 22.9. The minimum absolute atomic E-state index is 0.128. The van der Waals surface area contributed by atoms with Crippen LogP contribution in [0, 0.1) is 5.41 Å². The van der Waals surface area contributed by atoms with Gasteiger partial charge in [0, 0.05) is 17.1 Å². The fourth-order valence-electron chi connectivity index (χ4n) is 1.97. The van der Waals surface area contributed by atoms with Crippen molar-refractivity contribution in [3.63, 3.8) is 0 Å². The van der Waals surface area contributed by atoms with E-state index in [9.17, 15) is 18.4 Å². The molecule has 1 aliphatic rings. The van der Waals surface area contributed by atoms with Crippen LogP contribution in [-0.4, -0.2) is 23.6 Å². The molecule has 1 aromatic rings. The molecule has 2 rings (SSSR count). The SMILES string of the molecule is O=C(O)C1(C(=O)NCc2cc(Cl)cc(Cl)c2OC(F)F)CC1. The molecule has 0 bridgehead atoms. The molecular formula is C13H11Cl2F2NO4. The number of halogens is 4. The van der Waals surface area contributed by atoms with Gasteiger partial charge in [-0.25, -0.2) is 0 Å². The summed E-state index contributed by atoms with van der Waals surface area (Å²) in [7, 11) is 0. The van der Waals surface area contributed by atoms with E-state index in [0.717, 1.165) is 0 Å². The summed E-state index contributed by atoms with van der Waals surface area (Å²) in [6.07, 6.45) is 0.482. The molecule has 0 aliphatic heterocycles. The van der Waals surface area contributed by atoms with Gasteiger partial charge in [0.25, 0.3) is 0 Å². The number of amides is 1. The van der Waals surface area contributed by atoms with Crippen LogP contribution in [0.2, 0.25) is 10.0 Å². The zero-order valence-electron chi connectivity index (χ0n) is 11.0. The topological polar surface area (TPSA) is 75.6 Å². The average molecular weight is 354 g/mol. The van der Waals surface area contributed by atoms with Crippen molar-refractivity contribution in [2.24, 2.45) is 5.41 Å².